The Kier molecular flexibility index (Phi) is 3.06. The number of ether oxygens (including phenoxy) is 1. The maximum absolute atomic E-state index is 13.3. The van der Waals surface area contributed by atoms with Gasteiger partial charge in [-0.1, -0.05) is 18.2 Å². The zero-order valence-corrected chi connectivity index (χ0v) is 13.1. The Morgan fingerprint density at radius 2 is 1.96 bits per heavy atom. The first-order valence-corrected chi connectivity index (χ1v) is 8.32. The molecule has 4 heteroatoms. The third kappa shape index (κ3) is 2.03. The van der Waals surface area contributed by atoms with Gasteiger partial charge in [0.15, 0.2) is 0 Å². The summed E-state index contributed by atoms with van der Waals surface area (Å²) in [4.78, 5) is 4.47. The van der Waals surface area contributed by atoms with E-state index in [1.165, 1.54) is 17.7 Å². The molecule has 1 unspecified atom stereocenters. The fourth-order valence-electron chi connectivity index (χ4n) is 4.13. The molecular weight excluding hydrogens is 303 g/mol. The Balaban J connectivity index is 1.66. The second-order valence-corrected chi connectivity index (χ2v) is 6.51. The van der Waals surface area contributed by atoms with Gasteiger partial charge in [0.05, 0.1) is 17.7 Å². The lowest BCUT2D eigenvalue weighted by Gasteiger charge is -2.37. The number of benzene rings is 2. The van der Waals surface area contributed by atoms with Crippen molar-refractivity contribution >= 4 is 16.6 Å². The number of aromatic nitrogens is 1. The lowest BCUT2D eigenvalue weighted by atomic mass is 9.80. The van der Waals surface area contributed by atoms with Crippen molar-refractivity contribution < 1.29 is 9.13 Å². The Hall–Kier alpha value is -2.46. The van der Waals surface area contributed by atoms with Gasteiger partial charge in [0.25, 0.3) is 0 Å². The quantitative estimate of drug-likeness (QED) is 0.710. The number of fused-ring (bicyclic) bond motifs is 5. The summed E-state index contributed by atoms with van der Waals surface area (Å²) in [6.45, 7) is 0.755. The van der Waals surface area contributed by atoms with E-state index in [4.69, 9.17) is 4.74 Å². The average Bonchev–Trinajstić information content (AvgIpc) is 3.11. The summed E-state index contributed by atoms with van der Waals surface area (Å²) in [5.41, 5.74) is 4.40. The predicted molar refractivity (Wildman–Crippen MR) is 91.3 cm³/mol. The zero-order chi connectivity index (χ0) is 16.1. The van der Waals surface area contributed by atoms with Crippen molar-refractivity contribution in [2.45, 2.75) is 18.6 Å². The summed E-state index contributed by atoms with van der Waals surface area (Å²) < 4.78 is 19.4. The highest BCUT2D eigenvalue weighted by Gasteiger charge is 2.42. The summed E-state index contributed by atoms with van der Waals surface area (Å²) in [5.74, 6) is 0.139. The molecule has 5 rings (SSSR count). The van der Waals surface area contributed by atoms with Gasteiger partial charge in [0, 0.05) is 35.4 Å². The number of rotatable bonds is 1. The molecule has 3 atom stereocenters. The van der Waals surface area contributed by atoms with Gasteiger partial charge in [-0.2, -0.15) is 0 Å². The van der Waals surface area contributed by atoms with E-state index < -0.39 is 0 Å². The Morgan fingerprint density at radius 1 is 1.08 bits per heavy atom. The standard InChI is InChI=1S/C20H17FN2O/c21-13-5-3-12(4-6-13)19-15-9-11-24-20(15)18-14-2-1-10-22-16(14)7-8-17(18)23-19/h1-8,10,15,19-20,23H,9,11H2/t15-,19?,20-/m0/s1. The first-order chi connectivity index (χ1) is 11.8. The summed E-state index contributed by atoms with van der Waals surface area (Å²) >= 11 is 0. The number of halogens is 1. The number of anilines is 1. The largest absolute Gasteiger partial charge is 0.378 e. The first-order valence-electron chi connectivity index (χ1n) is 8.32. The topological polar surface area (TPSA) is 34.2 Å². The summed E-state index contributed by atoms with van der Waals surface area (Å²) in [6.07, 6.45) is 2.87. The molecule has 1 aromatic heterocycles. The van der Waals surface area contributed by atoms with E-state index in [2.05, 4.69) is 22.4 Å². The molecule has 1 fully saturated rings. The molecule has 2 aliphatic rings. The van der Waals surface area contributed by atoms with Crippen LogP contribution in [0.3, 0.4) is 0 Å². The Labute approximate surface area is 139 Å². The van der Waals surface area contributed by atoms with Crippen LogP contribution < -0.4 is 5.32 Å². The van der Waals surface area contributed by atoms with Crippen LogP contribution in [0.4, 0.5) is 10.1 Å². The average molecular weight is 320 g/mol. The Bertz CT molecular complexity index is 909. The molecule has 24 heavy (non-hydrogen) atoms. The first kappa shape index (κ1) is 13.9. The van der Waals surface area contributed by atoms with Crippen molar-refractivity contribution in [3.8, 4) is 0 Å². The van der Waals surface area contributed by atoms with E-state index in [9.17, 15) is 4.39 Å². The number of pyridine rings is 1. The summed E-state index contributed by atoms with van der Waals surface area (Å²) in [7, 11) is 0. The van der Waals surface area contributed by atoms with Crippen molar-refractivity contribution in [3.63, 3.8) is 0 Å². The SMILES string of the molecule is Fc1ccc(C2Nc3ccc4ncccc4c3[C@H]3OCC[C@@H]23)cc1. The molecule has 0 spiro atoms. The minimum absolute atomic E-state index is 0.0594. The molecule has 1 saturated heterocycles. The van der Waals surface area contributed by atoms with Crippen molar-refractivity contribution in [2.24, 2.45) is 5.92 Å². The van der Waals surface area contributed by atoms with Crippen LogP contribution in [-0.2, 0) is 4.74 Å². The molecule has 0 saturated carbocycles. The minimum Gasteiger partial charge on any atom is -0.378 e. The van der Waals surface area contributed by atoms with E-state index in [0.29, 0.717) is 5.92 Å². The maximum Gasteiger partial charge on any atom is 0.123 e. The van der Waals surface area contributed by atoms with Gasteiger partial charge >= 0.3 is 0 Å². The highest BCUT2D eigenvalue weighted by atomic mass is 19.1. The van der Waals surface area contributed by atoms with Crippen LogP contribution in [0, 0.1) is 11.7 Å². The number of nitrogens with zero attached hydrogens (tertiary/aromatic N) is 1. The van der Waals surface area contributed by atoms with Crippen LogP contribution in [0.15, 0.2) is 54.7 Å². The van der Waals surface area contributed by atoms with Gasteiger partial charge in [-0.15, -0.1) is 0 Å². The molecule has 2 aliphatic heterocycles. The number of nitrogens with one attached hydrogen (secondary N) is 1. The van der Waals surface area contributed by atoms with E-state index in [-0.39, 0.29) is 18.0 Å². The van der Waals surface area contributed by atoms with Gasteiger partial charge in [-0.3, -0.25) is 4.98 Å². The van der Waals surface area contributed by atoms with Crippen molar-refractivity contribution in [2.75, 3.05) is 11.9 Å². The fraction of sp³-hybridized carbons (Fsp3) is 0.250. The molecule has 120 valence electrons. The molecule has 3 aromatic rings. The second kappa shape index (κ2) is 5.28. The van der Waals surface area contributed by atoms with E-state index in [0.717, 1.165) is 35.2 Å². The highest BCUT2D eigenvalue weighted by molar-refractivity contribution is 5.88. The van der Waals surface area contributed by atoms with Crippen molar-refractivity contribution in [1.29, 1.82) is 0 Å². The van der Waals surface area contributed by atoms with Crippen LogP contribution >= 0.6 is 0 Å². The number of hydrogen-bond acceptors (Lipinski definition) is 3. The molecule has 0 bridgehead atoms. The molecule has 0 amide bonds. The van der Waals surface area contributed by atoms with Gasteiger partial charge in [-0.25, -0.2) is 4.39 Å². The molecule has 1 N–H and O–H groups in total. The predicted octanol–water partition coefficient (Wildman–Crippen LogP) is 4.62. The third-order valence-electron chi connectivity index (χ3n) is 5.22. The lowest BCUT2D eigenvalue weighted by Crippen LogP contribution is -2.29. The second-order valence-electron chi connectivity index (χ2n) is 6.51. The van der Waals surface area contributed by atoms with Crippen LogP contribution in [0.1, 0.15) is 29.7 Å². The zero-order valence-electron chi connectivity index (χ0n) is 13.1. The van der Waals surface area contributed by atoms with Crippen molar-refractivity contribution in [1.82, 2.24) is 4.98 Å². The fourth-order valence-corrected chi connectivity index (χ4v) is 4.13. The van der Waals surface area contributed by atoms with Gasteiger partial charge in [-0.05, 0) is 42.3 Å². The van der Waals surface area contributed by atoms with Gasteiger partial charge in [0.1, 0.15) is 5.82 Å². The lowest BCUT2D eigenvalue weighted by molar-refractivity contribution is 0.0841. The molecule has 0 aliphatic carbocycles. The Morgan fingerprint density at radius 3 is 2.83 bits per heavy atom. The normalized spacial score (nSPS) is 25.1. The minimum atomic E-state index is -0.203. The smallest absolute Gasteiger partial charge is 0.123 e. The van der Waals surface area contributed by atoms with Crippen molar-refractivity contribution in [3.05, 3.63) is 71.7 Å². The number of hydrogen-bond donors (Lipinski definition) is 1. The van der Waals surface area contributed by atoms with E-state index in [1.54, 1.807) is 0 Å². The summed E-state index contributed by atoms with van der Waals surface area (Å²) in [6, 6.07) is 15.1. The van der Waals surface area contributed by atoms with Crippen LogP contribution in [0.25, 0.3) is 10.9 Å². The molecular formula is C20H17FN2O. The highest BCUT2D eigenvalue weighted by Crippen LogP contribution is 2.51. The van der Waals surface area contributed by atoms with Crippen LogP contribution in [0.5, 0.6) is 0 Å². The monoisotopic (exact) mass is 320 g/mol. The van der Waals surface area contributed by atoms with E-state index in [1.807, 2.05) is 30.5 Å². The molecule has 0 radical (unpaired) electrons. The summed E-state index contributed by atoms with van der Waals surface area (Å²) in [5, 5.41) is 4.82. The van der Waals surface area contributed by atoms with Crippen LogP contribution in [0.2, 0.25) is 0 Å². The third-order valence-corrected chi connectivity index (χ3v) is 5.22. The molecule has 3 heterocycles. The van der Waals surface area contributed by atoms with E-state index >= 15 is 0 Å². The van der Waals surface area contributed by atoms with Gasteiger partial charge < -0.3 is 10.1 Å². The van der Waals surface area contributed by atoms with Gasteiger partial charge in [0.2, 0.25) is 0 Å². The van der Waals surface area contributed by atoms with Crippen LogP contribution in [-0.4, -0.2) is 11.6 Å². The molecule has 3 nitrogen and oxygen atoms in total. The maximum atomic E-state index is 13.3. The molecule has 2 aromatic carbocycles.